The fourth-order valence-electron chi connectivity index (χ4n) is 2.86. The summed E-state index contributed by atoms with van der Waals surface area (Å²) in [5, 5.41) is 12.4. The fraction of sp³-hybridized carbons (Fsp3) is 0.158. The lowest BCUT2D eigenvalue weighted by Crippen LogP contribution is -2.23. The Labute approximate surface area is 165 Å². The minimum absolute atomic E-state index is 0.181. The Morgan fingerprint density at radius 2 is 2.00 bits per heavy atom. The summed E-state index contributed by atoms with van der Waals surface area (Å²) in [6.45, 7) is 2.14. The number of ether oxygens (including phenoxy) is 1. The molecule has 0 unspecified atom stereocenters. The van der Waals surface area contributed by atoms with Crippen molar-refractivity contribution in [3.05, 3.63) is 81.5 Å². The van der Waals surface area contributed by atoms with Crippen molar-refractivity contribution in [2.45, 2.75) is 13.5 Å². The molecular formula is C19H17ClN6O2. The van der Waals surface area contributed by atoms with Gasteiger partial charge in [-0.25, -0.2) is 9.48 Å². The maximum absolute atomic E-state index is 12.2. The van der Waals surface area contributed by atoms with Crippen molar-refractivity contribution in [3.8, 4) is 17.1 Å². The minimum atomic E-state index is -0.358. The first-order valence-electron chi connectivity index (χ1n) is 8.55. The van der Waals surface area contributed by atoms with Crippen molar-refractivity contribution < 1.29 is 4.74 Å². The third-order valence-corrected chi connectivity index (χ3v) is 4.70. The highest BCUT2D eigenvalue weighted by atomic mass is 35.5. The van der Waals surface area contributed by atoms with Crippen LogP contribution in [0.15, 0.2) is 59.7 Å². The van der Waals surface area contributed by atoms with Crippen molar-refractivity contribution >= 4 is 11.6 Å². The first-order chi connectivity index (χ1) is 13.5. The molecule has 0 aliphatic carbocycles. The number of aromatic nitrogens is 6. The lowest BCUT2D eigenvalue weighted by molar-refractivity contribution is 0.303. The average molecular weight is 397 g/mol. The van der Waals surface area contributed by atoms with Gasteiger partial charge in [-0.2, -0.15) is 14.5 Å². The van der Waals surface area contributed by atoms with Crippen molar-refractivity contribution in [3.63, 3.8) is 0 Å². The van der Waals surface area contributed by atoms with Crippen LogP contribution in [0, 0.1) is 6.92 Å². The molecule has 0 saturated carbocycles. The lowest BCUT2D eigenvalue weighted by atomic mass is 10.1. The summed E-state index contributed by atoms with van der Waals surface area (Å²) in [4.78, 5) is 12.2. The molecule has 4 rings (SSSR count). The standard InChI is InChI=1S/C19H17ClN6O2/c1-13-11-14(25-10-4-9-21-25)7-8-18(13)28-12-15-16(20)5-3-6-17(15)26-19(27)24(2)22-23-26/h3-11H,12H2,1-2H3. The maximum Gasteiger partial charge on any atom is 0.368 e. The molecule has 0 radical (unpaired) electrons. The van der Waals surface area contributed by atoms with Gasteiger partial charge in [-0.15, -0.1) is 0 Å². The molecule has 0 aliphatic heterocycles. The van der Waals surface area contributed by atoms with Gasteiger partial charge in [-0.05, 0) is 59.3 Å². The Morgan fingerprint density at radius 1 is 1.14 bits per heavy atom. The largest absolute Gasteiger partial charge is 0.488 e. The van der Waals surface area contributed by atoms with E-state index in [0.29, 0.717) is 22.0 Å². The molecule has 9 heteroatoms. The second-order valence-electron chi connectivity index (χ2n) is 6.22. The summed E-state index contributed by atoms with van der Waals surface area (Å²) in [5.74, 6) is 0.716. The Kier molecular flexibility index (Phi) is 4.70. The van der Waals surface area contributed by atoms with E-state index < -0.39 is 0 Å². The number of rotatable bonds is 5. The lowest BCUT2D eigenvalue weighted by Gasteiger charge is -2.14. The molecular weight excluding hydrogens is 380 g/mol. The molecule has 0 N–H and O–H groups in total. The molecule has 4 aromatic rings. The van der Waals surface area contributed by atoms with Crippen molar-refractivity contribution in [2.75, 3.05) is 0 Å². The summed E-state index contributed by atoms with van der Waals surface area (Å²) < 4.78 is 10.1. The zero-order valence-electron chi connectivity index (χ0n) is 15.3. The van der Waals surface area contributed by atoms with Crippen LogP contribution in [-0.2, 0) is 13.7 Å². The monoisotopic (exact) mass is 396 g/mol. The molecule has 0 aliphatic rings. The summed E-state index contributed by atoms with van der Waals surface area (Å²) in [6, 6.07) is 12.9. The summed E-state index contributed by atoms with van der Waals surface area (Å²) in [5.41, 5.74) is 2.74. The second-order valence-corrected chi connectivity index (χ2v) is 6.63. The van der Waals surface area contributed by atoms with Crippen LogP contribution in [0.2, 0.25) is 5.02 Å². The smallest absolute Gasteiger partial charge is 0.368 e. The number of benzene rings is 2. The molecule has 0 bridgehead atoms. The zero-order valence-corrected chi connectivity index (χ0v) is 16.0. The first kappa shape index (κ1) is 18.0. The van der Waals surface area contributed by atoms with Crippen LogP contribution in [0.3, 0.4) is 0 Å². The number of hydrogen-bond acceptors (Lipinski definition) is 5. The number of hydrogen-bond donors (Lipinski definition) is 0. The topological polar surface area (TPSA) is 79.8 Å². The molecule has 142 valence electrons. The van der Waals surface area contributed by atoms with Crippen LogP contribution in [0.1, 0.15) is 11.1 Å². The third kappa shape index (κ3) is 3.29. The van der Waals surface area contributed by atoms with Gasteiger partial charge in [0, 0.05) is 30.0 Å². The molecule has 28 heavy (non-hydrogen) atoms. The first-order valence-corrected chi connectivity index (χ1v) is 8.92. The van der Waals surface area contributed by atoms with E-state index in [1.54, 1.807) is 29.1 Å². The van der Waals surface area contributed by atoms with Crippen molar-refractivity contribution in [1.29, 1.82) is 0 Å². The third-order valence-electron chi connectivity index (χ3n) is 4.34. The molecule has 2 aromatic carbocycles. The highest BCUT2D eigenvalue weighted by Gasteiger charge is 2.15. The Bertz CT molecular complexity index is 1180. The van der Waals surface area contributed by atoms with Crippen molar-refractivity contribution in [2.24, 2.45) is 7.05 Å². The van der Waals surface area contributed by atoms with E-state index in [1.165, 1.54) is 11.7 Å². The van der Waals surface area contributed by atoms with Gasteiger partial charge >= 0.3 is 5.69 Å². The molecule has 0 saturated heterocycles. The van der Waals surface area contributed by atoms with Gasteiger partial charge in [-0.3, -0.25) is 0 Å². The highest BCUT2D eigenvalue weighted by Crippen LogP contribution is 2.26. The van der Waals surface area contributed by atoms with Crippen LogP contribution >= 0.6 is 11.6 Å². The number of tetrazole rings is 1. The maximum atomic E-state index is 12.2. The number of aryl methyl sites for hydroxylation is 2. The van der Waals surface area contributed by atoms with Gasteiger partial charge < -0.3 is 4.74 Å². The Hall–Kier alpha value is -3.39. The molecule has 2 heterocycles. The molecule has 8 nitrogen and oxygen atoms in total. The van der Waals surface area contributed by atoms with E-state index in [1.807, 2.05) is 37.4 Å². The predicted octanol–water partition coefficient (Wildman–Crippen LogP) is 2.69. The van der Waals surface area contributed by atoms with Crippen LogP contribution in [0.5, 0.6) is 5.75 Å². The SMILES string of the molecule is Cc1cc(-n2cccn2)ccc1OCc1c(Cl)cccc1-n1nnn(C)c1=O. The van der Waals surface area contributed by atoms with Crippen LogP contribution in [-0.4, -0.2) is 29.6 Å². The van der Waals surface area contributed by atoms with E-state index in [4.69, 9.17) is 16.3 Å². The van der Waals surface area contributed by atoms with Crippen LogP contribution in [0.4, 0.5) is 0 Å². The van der Waals surface area contributed by atoms with Gasteiger partial charge in [0.25, 0.3) is 0 Å². The van der Waals surface area contributed by atoms with Crippen LogP contribution in [0.25, 0.3) is 11.4 Å². The number of nitrogens with zero attached hydrogens (tertiary/aromatic N) is 6. The summed E-state index contributed by atoms with van der Waals surface area (Å²) >= 11 is 6.38. The van der Waals surface area contributed by atoms with Crippen LogP contribution < -0.4 is 10.4 Å². The molecule has 2 aromatic heterocycles. The predicted molar refractivity (Wildman–Crippen MR) is 104 cm³/mol. The van der Waals surface area contributed by atoms with E-state index in [9.17, 15) is 4.79 Å². The second kappa shape index (κ2) is 7.32. The quantitative estimate of drug-likeness (QED) is 0.518. The zero-order chi connectivity index (χ0) is 19.7. The molecule has 0 fully saturated rings. The molecule has 0 atom stereocenters. The molecule has 0 spiro atoms. The Morgan fingerprint density at radius 3 is 2.68 bits per heavy atom. The van der Waals surface area contributed by atoms with Gasteiger partial charge in [-0.1, -0.05) is 17.7 Å². The number of halogens is 1. The van der Waals surface area contributed by atoms with E-state index in [0.717, 1.165) is 15.9 Å². The fourth-order valence-corrected chi connectivity index (χ4v) is 3.09. The van der Waals surface area contributed by atoms with Gasteiger partial charge in [0.05, 0.1) is 11.4 Å². The summed E-state index contributed by atoms with van der Waals surface area (Å²) in [7, 11) is 1.54. The Balaban J connectivity index is 1.62. The van der Waals surface area contributed by atoms with E-state index in [2.05, 4.69) is 15.5 Å². The minimum Gasteiger partial charge on any atom is -0.488 e. The van der Waals surface area contributed by atoms with Gasteiger partial charge in [0.2, 0.25) is 0 Å². The average Bonchev–Trinajstić information content (AvgIpc) is 3.33. The molecule has 0 amide bonds. The van der Waals surface area contributed by atoms with Gasteiger partial charge in [0.1, 0.15) is 12.4 Å². The van der Waals surface area contributed by atoms with Gasteiger partial charge in [0.15, 0.2) is 0 Å². The normalized spacial score (nSPS) is 11.0. The van der Waals surface area contributed by atoms with E-state index >= 15 is 0 Å². The highest BCUT2D eigenvalue weighted by molar-refractivity contribution is 6.31. The van der Waals surface area contributed by atoms with E-state index in [-0.39, 0.29) is 12.3 Å². The summed E-state index contributed by atoms with van der Waals surface area (Å²) in [6.07, 6.45) is 3.61. The van der Waals surface area contributed by atoms with Crippen molar-refractivity contribution in [1.82, 2.24) is 29.6 Å².